The third-order valence-electron chi connectivity index (χ3n) is 9.19. The van der Waals surface area contributed by atoms with Crippen molar-refractivity contribution in [1.82, 2.24) is 4.57 Å². The van der Waals surface area contributed by atoms with E-state index >= 15 is 0 Å². The van der Waals surface area contributed by atoms with Crippen molar-refractivity contribution in [3.05, 3.63) is 122 Å². The first-order chi connectivity index (χ1) is 24.0. The lowest BCUT2D eigenvalue weighted by Gasteiger charge is -2.31. The van der Waals surface area contributed by atoms with E-state index < -0.39 is 29.0 Å². The smallest absolute Gasteiger partial charge is 0.338 e. The Labute approximate surface area is 297 Å². The van der Waals surface area contributed by atoms with Crippen molar-refractivity contribution in [3.8, 4) is 0 Å². The second-order valence-corrected chi connectivity index (χ2v) is 15.5. The number of benzene rings is 4. The largest absolute Gasteiger partial charge is 0.462 e. The van der Waals surface area contributed by atoms with Gasteiger partial charge in [-0.3, -0.25) is 23.7 Å². The van der Waals surface area contributed by atoms with E-state index in [1.54, 1.807) is 19.1 Å². The Morgan fingerprint density at radius 3 is 2.26 bits per heavy atom. The number of carbonyl (C=O) groups excluding carboxylic acids is 4. The summed E-state index contributed by atoms with van der Waals surface area (Å²) in [4.78, 5) is 69.4. The van der Waals surface area contributed by atoms with Crippen LogP contribution < -0.4 is 15.1 Å². The number of fused-ring (bicyclic) bond motifs is 3. The Hall–Kier alpha value is -5.00. The Morgan fingerprint density at radius 2 is 1.56 bits per heavy atom. The van der Waals surface area contributed by atoms with Crippen LogP contribution in [0.15, 0.2) is 101 Å². The predicted octanol–water partition coefficient (Wildman–Crippen LogP) is 6.97. The van der Waals surface area contributed by atoms with Crippen molar-refractivity contribution in [2.75, 3.05) is 16.8 Å². The number of carbonyl (C=O) groups is 4. The minimum Gasteiger partial charge on any atom is -0.462 e. The maximum absolute atomic E-state index is 14.3. The summed E-state index contributed by atoms with van der Waals surface area (Å²) >= 11 is 2.18. The highest BCUT2D eigenvalue weighted by Gasteiger charge is 2.56. The average Bonchev–Trinajstić information content (AvgIpc) is 3.54. The van der Waals surface area contributed by atoms with Crippen LogP contribution in [-0.2, 0) is 31.1 Å². The van der Waals surface area contributed by atoms with Crippen molar-refractivity contribution >= 4 is 68.9 Å². The molecule has 3 heterocycles. The Bertz CT molecular complexity index is 2210. The summed E-state index contributed by atoms with van der Waals surface area (Å²) in [5.74, 6) is -3.05. The zero-order valence-corrected chi connectivity index (χ0v) is 29.6. The fraction of sp³-hybridized carbons (Fsp3) is 0.256. The molecule has 50 heavy (non-hydrogen) atoms. The molecule has 0 radical (unpaired) electrons. The quantitative estimate of drug-likeness (QED) is 0.144. The summed E-state index contributed by atoms with van der Waals surface area (Å²) in [5, 5.41) is 4.49. The van der Waals surface area contributed by atoms with Gasteiger partial charge in [-0.2, -0.15) is 0 Å². The van der Waals surface area contributed by atoms with E-state index in [1.807, 2.05) is 66.7 Å². The summed E-state index contributed by atoms with van der Waals surface area (Å²) < 4.78 is 6.51. The van der Waals surface area contributed by atoms with Crippen LogP contribution in [0.5, 0.6) is 0 Å². The highest BCUT2D eigenvalue weighted by molar-refractivity contribution is 8.00. The van der Waals surface area contributed by atoms with Gasteiger partial charge in [0.2, 0.25) is 17.7 Å². The van der Waals surface area contributed by atoms with Gasteiger partial charge < -0.3 is 10.1 Å². The molecular weight excluding hydrogens is 671 g/mol. The van der Waals surface area contributed by atoms with Crippen LogP contribution in [0.3, 0.4) is 0 Å². The van der Waals surface area contributed by atoms with Crippen LogP contribution in [0.1, 0.15) is 60.0 Å². The molecule has 0 saturated carbocycles. The monoisotopic (exact) mass is 705 g/mol. The molecule has 2 aliphatic heterocycles. The fourth-order valence-corrected chi connectivity index (χ4v) is 9.46. The number of nitrogens with one attached hydrogen (secondary N) is 1. The number of imide groups is 1. The highest BCUT2D eigenvalue weighted by Crippen LogP contribution is 2.54. The molecule has 0 spiro atoms. The first-order valence-electron chi connectivity index (χ1n) is 16.4. The number of hydrogen-bond donors (Lipinski definition) is 1. The third-order valence-corrected chi connectivity index (χ3v) is 11.8. The van der Waals surface area contributed by atoms with E-state index in [0.29, 0.717) is 26.8 Å². The Balaban J connectivity index is 1.26. The van der Waals surface area contributed by atoms with Crippen molar-refractivity contribution in [2.45, 2.75) is 55.8 Å². The molecule has 5 aromatic rings. The number of esters is 1. The lowest BCUT2D eigenvalue weighted by atomic mass is 9.81. The van der Waals surface area contributed by atoms with Gasteiger partial charge >= 0.3 is 10.8 Å². The van der Waals surface area contributed by atoms with E-state index in [0.717, 1.165) is 45.0 Å². The van der Waals surface area contributed by atoms with Crippen molar-refractivity contribution < 1.29 is 23.9 Å². The van der Waals surface area contributed by atoms with Gasteiger partial charge in [0.05, 0.1) is 28.8 Å². The van der Waals surface area contributed by atoms with Crippen LogP contribution in [0.2, 0.25) is 0 Å². The van der Waals surface area contributed by atoms with Gasteiger partial charge in [0.1, 0.15) is 11.8 Å². The zero-order chi connectivity index (χ0) is 35.3. The molecule has 0 aliphatic carbocycles. The lowest BCUT2D eigenvalue weighted by Crippen LogP contribution is -2.33. The standard InChI is InChI=1S/C39H35N3O6S2/c1-5-48-37(46)24-15-19-26(20-16-24)42-34(44)31-30(23-13-17-25(18-14-23)39(2,3)4)33-36(49-32(31)35(42)45)41(38(47)50-33)21-29(43)40-28-12-8-10-22-9-6-7-11-27(22)28/h6-20,30-32H,5,21H2,1-4H3,(H,40,43)/t30-,31-,32+/m0/s1. The third kappa shape index (κ3) is 5.94. The first kappa shape index (κ1) is 33.5. The SMILES string of the molecule is CCOC(=O)c1ccc(N2C(=O)[C@H]3[C@H](c4ccc(C(C)(C)C)cc4)c4sc(=O)n(CC(=O)Nc5cccc6ccccc56)c4S[C@H]3C2=O)cc1. The van der Waals surface area contributed by atoms with Crippen molar-refractivity contribution in [1.29, 1.82) is 0 Å². The number of ether oxygens (including phenoxy) is 1. The molecule has 2 aliphatic rings. The van der Waals surface area contributed by atoms with Crippen LogP contribution in [-0.4, -0.2) is 40.1 Å². The Morgan fingerprint density at radius 1 is 0.860 bits per heavy atom. The van der Waals surface area contributed by atoms with Gasteiger partial charge in [0, 0.05) is 21.9 Å². The number of amides is 3. The number of anilines is 2. The van der Waals surface area contributed by atoms with Gasteiger partial charge in [-0.15, -0.1) is 0 Å². The Kier molecular flexibility index (Phi) is 8.73. The first-order valence-corrected chi connectivity index (χ1v) is 18.1. The average molecular weight is 706 g/mol. The van der Waals surface area contributed by atoms with Crippen molar-refractivity contribution in [3.63, 3.8) is 0 Å². The van der Waals surface area contributed by atoms with E-state index in [9.17, 15) is 24.0 Å². The van der Waals surface area contributed by atoms with Gasteiger partial charge in [-0.05, 0) is 59.2 Å². The molecule has 1 fully saturated rings. The number of aromatic nitrogens is 1. The summed E-state index contributed by atoms with van der Waals surface area (Å²) in [6.45, 7) is 8.04. The molecule has 254 valence electrons. The molecule has 3 atom stereocenters. The topological polar surface area (TPSA) is 115 Å². The fourth-order valence-electron chi connectivity index (χ4n) is 6.69. The maximum Gasteiger partial charge on any atom is 0.338 e. The number of thiazole rings is 1. The second kappa shape index (κ2) is 13.0. The minimum atomic E-state index is -0.839. The van der Waals surface area contributed by atoms with E-state index in [4.69, 9.17) is 4.74 Å². The number of hydrogen-bond acceptors (Lipinski definition) is 8. The molecule has 0 unspecified atom stereocenters. The molecule has 4 aromatic carbocycles. The second-order valence-electron chi connectivity index (χ2n) is 13.4. The molecule has 9 nitrogen and oxygen atoms in total. The summed E-state index contributed by atoms with van der Waals surface area (Å²) in [6, 6.07) is 27.6. The number of nitrogens with zero attached hydrogens (tertiary/aromatic N) is 2. The summed E-state index contributed by atoms with van der Waals surface area (Å²) in [6.07, 6.45) is 0. The van der Waals surface area contributed by atoms with Crippen LogP contribution in [0, 0.1) is 5.92 Å². The molecule has 11 heteroatoms. The number of rotatable bonds is 7. The summed E-state index contributed by atoms with van der Waals surface area (Å²) in [5.41, 5.74) is 3.11. The van der Waals surface area contributed by atoms with Gasteiger partial charge in [0.25, 0.3) is 0 Å². The lowest BCUT2D eigenvalue weighted by molar-refractivity contribution is -0.122. The normalized spacial score (nSPS) is 18.6. The van der Waals surface area contributed by atoms with E-state index in [1.165, 1.54) is 21.6 Å². The predicted molar refractivity (Wildman–Crippen MR) is 196 cm³/mol. The molecule has 0 bridgehead atoms. The number of thioether (sulfide) groups is 1. The molecule has 7 rings (SSSR count). The molecule has 1 N–H and O–H groups in total. The van der Waals surface area contributed by atoms with Gasteiger partial charge in [0.15, 0.2) is 0 Å². The zero-order valence-electron chi connectivity index (χ0n) is 28.0. The molecule has 1 aromatic heterocycles. The molecular formula is C39H35N3O6S2. The van der Waals surface area contributed by atoms with E-state index in [-0.39, 0.29) is 35.3 Å². The van der Waals surface area contributed by atoms with Crippen molar-refractivity contribution in [2.24, 2.45) is 5.92 Å². The van der Waals surface area contributed by atoms with Gasteiger partial charge in [-0.25, -0.2) is 9.69 Å². The van der Waals surface area contributed by atoms with Crippen LogP contribution >= 0.6 is 23.1 Å². The van der Waals surface area contributed by atoms with Gasteiger partial charge in [-0.1, -0.05) is 105 Å². The van der Waals surface area contributed by atoms with E-state index in [2.05, 4.69) is 26.1 Å². The summed E-state index contributed by atoms with van der Waals surface area (Å²) in [7, 11) is 0. The highest BCUT2D eigenvalue weighted by atomic mass is 32.2. The van der Waals surface area contributed by atoms with Crippen LogP contribution in [0.25, 0.3) is 10.8 Å². The minimum absolute atomic E-state index is 0.105. The molecule has 1 saturated heterocycles. The van der Waals surface area contributed by atoms with Crippen LogP contribution in [0.4, 0.5) is 11.4 Å². The maximum atomic E-state index is 14.3. The molecule has 3 amide bonds.